The summed E-state index contributed by atoms with van der Waals surface area (Å²) in [5, 5.41) is 0. The minimum Gasteiger partial charge on any atom is -0.493 e. The van der Waals surface area contributed by atoms with Gasteiger partial charge in [0.15, 0.2) is 11.5 Å². The summed E-state index contributed by atoms with van der Waals surface area (Å²) < 4.78 is 16.3. The van der Waals surface area contributed by atoms with E-state index in [1.807, 2.05) is 6.07 Å². The highest BCUT2D eigenvalue weighted by Crippen LogP contribution is 2.48. The number of hydrogen-bond donors (Lipinski definition) is 1. The van der Waals surface area contributed by atoms with Crippen LogP contribution < -0.4 is 19.9 Å². The van der Waals surface area contributed by atoms with Crippen molar-refractivity contribution >= 4 is 5.91 Å². The Morgan fingerprint density at radius 3 is 2.50 bits per heavy atom. The predicted molar refractivity (Wildman–Crippen MR) is 75.6 cm³/mol. The van der Waals surface area contributed by atoms with Gasteiger partial charge in [-0.2, -0.15) is 0 Å². The van der Waals surface area contributed by atoms with Crippen molar-refractivity contribution in [3.8, 4) is 17.2 Å². The maximum atomic E-state index is 11.3. The van der Waals surface area contributed by atoms with Gasteiger partial charge in [-0.3, -0.25) is 4.79 Å². The molecule has 0 radical (unpaired) electrons. The van der Waals surface area contributed by atoms with Crippen molar-refractivity contribution in [1.29, 1.82) is 0 Å². The molecule has 0 heterocycles. The van der Waals surface area contributed by atoms with Crippen LogP contribution in [-0.4, -0.2) is 27.2 Å². The molecule has 1 aliphatic carbocycles. The lowest BCUT2D eigenvalue weighted by atomic mass is 9.80. The van der Waals surface area contributed by atoms with E-state index in [4.69, 9.17) is 19.9 Å². The number of primary amides is 1. The molecule has 0 saturated carbocycles. The molecule has 5 nitrogen and oxygen atoms in total. The standard InChI is InChI=1S/C15H21NO4/c1-18-11-7-9-5-4-6-10(8-12(16)17)13(9)15(20-3)14(11)19-2/h7,10H,4-6,8H2,1-3H3,(H2,16,17)/t10-/m0/s1. The summed E-state index contributed by atoms with van der Waals surface area (Å²) in [5.74, 6) is 1.69. The Morgan fingerprint density at radius 2 is 1.95 bits per heavy atom. The molecule has 0 bridgehead atoms. The monoisotopic (exact) mass is 279 g/mol. The van der Waals surface area contributed by atoms with E-state index in [0.717, 1.165) is 30.4 Å². The van der Waals surface area contributed by atoms with Crippen molar-refractivity contribution in [2.24, 2.45) is 5.73 Å². The highest BCUT2D eigenvalue weighted by atomic mass is 16.5. The second-order valence-electron chi connectivity index (χ2n) is 4.98. The molecule has 0 unspecified atom stereocenters. The number of nitrogens with two attached hydrogens (primary N) is 1. The first kappa shape index (κ1) is 14.5. The van der Waals surface area contributed by atoms with Crippen LogP contribution in [0.5, 0.6) is 17.2 Å². The van der Waals surface area contributed by atoms with Crippen molar-refractivity contribution in [3.63, 3.8) is 0 Å². The van der Waals surface area contributed by atoms with Gasteiger partial charge in [0.05, 0.1) is 21.3 Å². The molecule has 0 aromatic heterocycles. The molecular weight excluding hydrogens is 258 g/mol. The van der Waals surface area contributed by atoms with Gasteiger partial charge in [0.2, 0.25) is 11.7 Å². The van der Waals surface area contributed by atoms with E-state index in [2.05, 4.69) is 0 Å². The summed E-state index contributed by atoms with van der Waals surface area (Å²) >= 11 is 0. The van der Waals surface area contributed by atoms with Gasteiger partial charge in [-0.05, 0) is 36.8 Å². The fourth-order valence-electron chi connectivity index (χ4n) is 3.01. The Bertz CT molecular complexity index is 513. The summed E-state index contributed by atoms with van der Waals surface area (Å²) in [6, 6.07) is 1.98. The van der Waals surface area contributed by atoms with Crippen molar-refractivity contribution in [3.05, 3.63) is 17.2 Å². The fraction of sp³-hybridized carbons (Fsp3) is 0.533. The first-order valence-corrected chi connectivity index (χ1v) is 6.72. The zero-order valence-corrected chi connectivity index (χ0v) is 12.2. The Hall–Kier alpha value is -1.91. The SMILES string of the molecule is COc1cc2c(c(OC)c1OC)[C@H](CC(N)=O)CCC2. The van der Waals surface area contributed by atoms with Crippen LogP contribution >= 0.6 is 0 Å². The number of rotatable bonds is 5. The Kier molecular flexibility index (Phi) is 4.37. The van der Waals surface area contributed by atoms with Crippen LogP contribution in [0.15, 0.2) is 6.07 Å². The topological polar surface area (TPSA) is 70.8 Å². The highest BCUT2D eigenvalue weighted by Gasteiger charge is 2.29. The smallest absolute Gasteiger partial charge is 0.218 e. The van der Waals surface area contributed by atoms with Gasteiger partial charge in [0, 0.05) is 12.0 Å². The molecule has 5 heteroatoms. The summed E-state index contributed by atoms with van der Waals surface area (Å²) in [5.41, 5.74) is 7.55. The molecule has 0 fully saturated rings. The number of ether oxygens (including phenoxy) is 3. The lowest BCUT2D eigenvalue weighted by Crippen LogP contribution is -2.20. The summed E-state index contributed by atoms with van der Waals surface area (Å²) in [6.45, 7) is 0. The molecule has 2 rings (SSSR count). The number of amides is 1. The van der Waals surface area contributed by atoms with Crippen molar-refractivity contribution in [1.82, 2.24) is 0 Å². The van der Waals surface area contributed by atoms with E-state index in [1.165, 1.54) is 0 Å². The first-order valence-electron chi connectivity index (χ1n) is 6.72. The maximum Gasteiger partial charge on any atom is 0.218 e. The van der Waals surface area contributed by atoms with Crippen LogP contribution in [-0.2, 0) is 11.2 Å². The number of fused-ring (bicyclic) bond motifs is 1. The second kappa shape index (κ2) is 6.03. The zero-order valence-electron chi connectivity index (χ0n) is 12.2. The summed E-state index contributed by atoms with van der Waals surface area (Å²) in [7, 11) is 4.79. The Morgan fingerprint density at radius 1 is 1.25 bits per heavy atom. The summed E-state index contributed by atoms with van der Waals surface area (Å²) in [6.07, 6.45) is 3.24. The van der Waals surface area contributed by atoms with E-state index >= 15 is 0 Å². The molecule has 1 aliphatic rings. The normalized spacial score (nSPS) is 17.2. The average Bonchev–Trinajstić information content (AvgIpc) is 2.44. The summed E-state index contributed by atoms with van der Waals surface area (Å²) in [4.78, 5) is 11.3. The number of methoxy groups -OCH3 is 3. The third kappa shape index (κ3) is 2.53. The number of hydrogen-bond acceptors (Lipinski definition) is 4. The van der Waals surface area contributed by atoms with Gasteiger partial charge < -0.3 is 19.9 Å². The van der Waals surface area contributed by atoms with E-state index in [-0.39, 0.29) is 11.8 Å². The predicted octanol–water partition coefficient (Wildman–Crippen LogP) is 2.01. The van der Waals surface area contributed by atoms with Crippen LogP contribution in [0.3, 0.4) is 0 Å². The van der Waals surface area contributed by atoms with Crippen molar-refractivity contribution < 1.29 is 19.0 Å². The lowest BCUT2D eigenvalue weighted by Gasteiger charge is -2.28. The molecule has 1 amide bonds. The fourth-order valence-corrected chi connectivity index (χ4v) is 3.01. The molecule has 1 atom stereocenters. The molecule has 1 aromatic rings. The van der Waals surface area contributed by atoms with E-state index in [0.29, 0.717) is 23.7 Å². The zero-order chi connectivity index (χ0) is 14.7. The van der Waals surface area contributed by atoms with Gasteiger partial charge >= 0.3 is 0 Å². The van der Waals surface area contributed by atoms with Crippen LogP contribution in [0.4, 0.5) is 0 Å². The number of carbonyl (C=O) groups is 1. The van der Waals surface area contributed by atoms with Crippen LogP contribution in [0.2, 0.25) is 0 Å². The number of benzene rings is 1. The third-order valence-corrected chi connectivity index (χ3v) is 3.81. The maximum absolute atomic E-state index is 11.3. The molecular formula is C15H21NO4. The second-order valence-corrected chi connectivity index (χ2v) is 4.98. The third-order valence-electron chi connectivity index (χ3n) is 3.81. The average molecular weight is 279 g/mol. The lowest BCUT2D eigenvalue weighted by molar-refractivity contribution is -0.118. The Balaban J connectivity index is 2.58. The minimum atomic E-state index is -0.292. The van der Waals surface area contributed by atoms with Crippen molar-refractivity contribution in [2.45, 2.75) is 31.6 Å². The molecule has 0 saturated heterocycles. The van der Waals surface area contributed by atoms with E-state index in [1.54, 1.807) is 21.3 Å². The molecule has 2 N–H and O–H groups in total. The van der Waals surface area contributed by atoms with Crippen LogP contribution in [0, 0.1) is 0 Å². The minimum absolute atomic E-state index is 0.0889. The quantitative estimate of drug-likeness (QED) is 0.895. The van der Waals surface area contributed by atoms with Crippen molar-refractivity contribution in [2.75, 3.05) is 21.3 Å². The molecule has 0 aliphatic heterocycles. The van der Waals surface area contributed by atoms with Crippen LogP contribution in [0.1, 0.15) is 36.3 Å². The molecule has 1 aromatic carbocycles. The molecule has 20 heavy (non-hydrogen) atoms. The van der Waals surface area contributed by atoms with E-state index < -0.39 is 0 Å². The van der Waals surface area contributed by atoms with Crippen LogP contribution in [0.25, 0.3) is 0 Å². The van der Waals surface area contributed by atoms with Gasteiger partial charge in [0.25, 0.3) is 0 Å². The first-order chi connectivity index (χ1) is 9.62. The van der Waals surface area contributed by atoms with Gasteiger partial charge in [0.1, 0.15) is 0 Å². The van der Waals surface area contributed by atoms with Gasteiger partial charge in [-0.25, -0.2) is 0 Å². The molecule has 0 spiro atoms. The largest absolute Gasteiger partial charge is 0.493 e. The van der Waals surface area contributed by atoms with E-state index in [9.17, 15) is 4.79 Å². The van der Waals surface area contributed by atoms with Gasteiger partial charge in [-0.15, -0.1) is 0 Å². The Labute approximate surface area is 119 Å². The number of aryl methyl sites for hydroxylation is 1. The van der Waals surface area contributed by atoms with Gasteiger partial charge in [-0.1, -0.05) is 0 Å². The highest BCUT2D eigenvalue weighted by molar-refractivity contribution is 5.75. The molecule has 110 valence electrons. The number of carbonyl (C=O) groups excluding carboxylic acids is 1.